The van der Waals surface area contributed by atoms with E-state index in [0.29, 0.717) is 33.7 Å². The van der Waals surface area contributed by atoms with Gasteiger partial charge in [0.1, 0.15) is 22.8 Å². The summed E-state index contributed by atoms with van der Waals surface area (Å²) in [5.74, 6) is -0.563. The van der Waals surface area contributed by atoms with Gasteiger partial charge in [-0.15, -0.1) is 5.10 Å². The second kappa shape index (κ2) is 10.1. The lowest BCUT2D eigenvalue weighted by Gasteiger charge is -2.20. The van der Waals surface area contributed by atoms with Gasteiger partial charge in [0, 0.05) is 12.6 Å². The maximum Gasteiger partial charge on any atom is 0.309 e. The number of fused-ring (bicyclic) bond motifs is 1. The molecule has 2 N–H and O–H groups in total. The number of methoxy groups -OCH3 is 1. The molecule has 0 saturated heterocycles. The molecule has 0 radical (unpaired) electrons. The van der Waals surface area contributed by atoms with Crippen LogP contribution in [-0.4, -0.2) is 38.3 Å². The average Bonchev–Trinajstić information content (AvgIpc) is 2.86. The van der Waals surface area contributed by atoms with E-state index in [1.807, 2.05) is 0 Å². The van der Waals surface area contributed by atoms with Crippen LogP contribution in [0.4, 0.5) is 0 Å². The summed E-state index contributed by atoms with van der Waals surface area (Å²) in [6.07, 6.45) is -1.29. The van der Waals surface area contributed by atoms with Gasteiger partial charge in [-0.2, -0.15) is 0 Å². The number of aromatic nitrogens is 3. The van der Waals surface area contributed by atoms with Crippen molar-refractivity contribution in [3.8, 4) is 17.2 Å². The van der Waals surface area contributed by atoms with Crippen molar-refractivity contribution < 1.29 is 24.5 Å². The standard InChI is InChI=1S/C25H23N3O6/c1-33-18-5-4-6-19(15-18)34-17-11-9-16(10-12-17)23(29)21(25(31)32)13-14-28-24(30)20-7-2-3-8-22(20)26-27-28/h2-12,15,21,23,29H,13-14H2,1H3,(H,31,32)/t21-,23?/m0/s1. The number of rotatable bonds is 9. The molecule has 4 aromatic rings. The molecule has 0 bridgehead atoms. The Balaban J connectivity index is 1.46. The minimum atomic E-state index is -1.28. The van der Waals surface area contributed by atoms with E-state index in [1.54, 1.807) is 79.9 Å². The van der Waals surface area contributed by atoms with Crippen molar-refractivity contribution in [3.05, 3.63) is 88.7 Å². The summed E-state index contributed by atoms with van der Waals surface area (Å²) in [6.45, 7) is 0.00172. The van der Waals surface area contributed by atoms with Crippen molar-refractivity contribution in [2.75, 3.05) is 7.11 Å². The van der Waals surface area contributed by atoms with Crippen molar-refractivity contribution in [1.82, 2.24) is 15.0 Å². The van der Waals surface area contributed by atoms with E-state index >= 15 is 0 Å². The second-order valence-electron chi connectivity index (χ2n) is 7.66. The maximum absolute atomic E-state index is 12.6. The van der Waals surface area contributed by atoms with Gasteiger partial charge in [-0.05, 0) is 48.4 Å². The zero-order valence-electron chi connectivity index (χ0n) is 18.4. The Labute approximate surface area is 194 Å². The molecular formula is C25H23N3O6. The number of ether oxygens (including phenoxy) is 2. The van der Waals surface area contributed by atoms with Gasteiger partial charge < -0.3 is 19.7 Å². The lowest BCUT2D eigenvalue weighted by atomic mass is 9.93. The lowest BCUT2D eigenvalue weighted by molar-refractivity contribution is -0.146. The van der Waals surface area contributed by atoms with Gasteiger partial charge in [0.25, 0.3) is 5.56 Å². The molecule has 4 rings (SSSR count). The van der Waals surface area contributed by atoms with Gasteiger partial charge in [-0.1, -0.05) is 35.5 Å². The van der Waals surface area contributed by atoms with Gasteiger partial charge in [-0.3, -0.25) is 9.59 Å². The monoisotopic (exact) mass is 461 g/mol. The number of hydrogen-bond acceptors (Lipinski definition) is 7. The second-order valence-corrected chi connectivity index (χ2v) is 7.66. The first-order valence-corrected chi connectivity index (χ1v) is 10.6. The SMILES string of the molecule is COc1cccc(Oc2ccc(C(O)[C@H](CCn3nnc4ccccc4c3=O)C(=O)O)cc2)c1. The van der Waals surface area contributed by atoms with E-state index in [9.17, 15) is 19.8 Å². The summed E-state index contributed by atoms with van der Waals surface area (Å²) in [5, 5.41) is 28.8. The van der Waals surface area contributed by atoms with Crippen LogP contribution in [0.1, 0.15) is 18.1 Å². The first kappa shape index (κ1) is 22.9. The molecule has 0 aliphatic heterocycles. The Kier molecular flexibility index (Phi) is 6.84. The summed E-state index contributed by atoms with van der Waals surface area (Å²) in [7, 11) is 1.57. The summed E-state index contributed by atoms with van der Waals surface area (Å²) in [5.41, 5.74) is 0.528. The van der Waals surface area contributed by atoms with Crippen molar-refractivity contribution in [1.29, 1.82) is 0 Å². The highest BCUT2D eigenvalue weighted by atomic mass is 16.5. The zero-order chi connectivity index (χ0) is 24.1. The topological polar surface area (TPSA) is 124 Å². The molecule has 34 heavy (non-hydrogen) atoms. The molecule has 0 fully saturated rings. The Hall–Kier alpha value is -4.24. The predicted molar refractivity (Wildman–Crippen MR) is 124 cm³/mol. The summed E-state index contributed by atoms with van der Waals surface area (Å²) < 4.78 is 12.1. The van der Waals surface area contributed by atoms with Crippen LogP contribution in [-0.2, 0) is 11.3 Å². The van der Waals surface area contributed by atoms with E-state index in [4.69, 9.17) is 9.47 Å². The third-order valence-electron chi connectivity index (χ3n) is 5.48. The molecule has 0 saturated carbocycles. The van der Waals surface area contributed by atoms with E-state index in [0.717, 1.165) is 4.68 Å². The van der Waals surface area contributed by atoms with Crippen LogP contribution < -0.4 is 15.0 Å². The molecule has 0 spiro atoms. The van der Waals surface area contributed by atoms with Crippen LogP contribution >= 0.6 is 0 Å². The number of carboxylic acids is 1. The number of aliphatic carboxylic acids is 1. The van der Waals surface area contributed by atoms with E-state index in [-0.39, 0.29) is 18.5 Å². The highest BCUT2D eigenvalue weighted by molar-refractivity contribution is 5.76. The van der Waals surface area contributed by atoms with Crippen LogP contribution in [0, 0.1) is 5.92 Å². The fourth-order valence-electron chi connectivity index (χ4n) is 3.61. The fourth-order valence-corrected chi connectivity index (χ4v) is 3.61. The van der Waals surface area contributed by atoms with Crippen LogP contribution in [0.5, 0.6) is 17.2 Å². The van der Waals surface area contributed by atoms with Crippen molar-refractivity contribution >= 4 is 16.9 Å². The normalized spacial score (nSPS) is 12.8. The molecule has 174 valence electrons. The molecule has 0 aliphatic carbocycles. The van der Waals surface area contributed by atoms with Crippen LogP contribution in [0.25, 0.3) is 10.9 Å². The fraction of sp³-hybridized carbons (Fsp3) is 0.200. The number of nitrogens with zero attached hydrogens (tertiary/aromatic N) is 3. The van der Waals surface area contributed by atoms with Crippen LogP contribution in [0.15, 0.2) is 77.6 Å². The number of carboxylic acid groups (broad SMARTS) is 1. The third-order valence-corrected chi connectivity index (χ3v) is 5.48. The molecular weight excluding hydrogens is 438 g/mol. The van der Waals surface area contributed by atoms with E-state index in [2.05, 4.69) is 10.3 Å². The quantitative estimate of drug-likeness (QED) is 0.389. The highest BCUT2D eigenvalue weighted by Gasteiger charge is 2.28. The average molecular weight is 461 g/mol. The predicted octanol–water partition coefficient (Wildman–Crippen LogP) is 3.42. The lowest BCUT2D eigenvalue weighted by Crippen LogP contribution is -2.29. The van der Waals surface area contributed by atoms with Crippen LogP contribution in [0.3, 0.4) is 0 Å². The van der Waals surface area contributed by atoms with Crippen molar-refractivity contribution in [3.63, 3.8) is 0 Å². The van der Waals surface area contributed by atoms with Gasteiger partial charge in [0.2, 0.25) is 0 Å². The van der Waals surface area contributed by atoms with Crippen molar-refractivity contribution in [2.24, 2.45) is 5.92 Å². The number of aliphatic hydroxyl groups excluding tert-OH is 1. The maximum atomic E-state index is 12.6. The number of aliphatic hydroxyl groups is 1. The smallest absolute Gasteiger partial charge is 0.309 e. The molecule has 1 aromatic heterocycles. The van der Waals surface area contributed by atoms with Crippen LogP contribution in [0.2, 0.25) is 0 Å². The minimum absolute atomic E-state index is 0.00172. The third kappa shape index (κ3) is 5.05. The Morgan fingerprint density at radius 1 is 1.00 bits per heavy atom. The first-order valence-electron chi connectivity index (χ1n) is 10.6. The van der Waals surface area contributed by atoms with Gasteiger partial charge in [-0.25, -0.2) is 4.68 Å². The molecule has 1 unspecified atom stereocenters. The Morgan fingerprint density at radius 2 is 1.74 bits per heavy atom. The molecule has 3 aromatic carbocycles. The Morgan fingerprint density at radius 3 is 2.47 bits per heavy atom. The van der Waals surface area contributed by atoms with Crippen molar-refractivity contribution in [2.45, 2.75) is 19.1 Å². The van der Waals surface area contributed by atoms with Gasteiger partial charge in [0.05, 0.1) is 24.5 Å². The van der Waals surface area contributed by atoms with Gasteiger partial charge in [0.15, 0.2) is 0 Å². The summed E-state index contributed by atoms with van der Waals surface area (Å²) in [4.78, 5) is 24.5. The number of carbonyl (C=O) groups is 1. The highest BCUT2D eigenvalue weighted by Crippen LogP contribution is 2.29. The number of benzene rings is 3. The summed E-state index contributed by atoms with van der Waals surface area (Å²) >= 11 is 0. The molecule has 1 heterocycles. The van der Waals surface area contributed by atoms with E-state index in [1.165, 1.54) is 0 Å². The minimum Gasteiger partial charge on any atom is -0.497 e. The molecule has 0 aliphatic rings. The Bertz CT molecular complexity index is 1350. The number of aryl methyl sites for hydroxylation is 1. The van der Waals surface area contributed by atoms with E-state index < -0.39 is 18.0 Å². The van der Waals surface area contributed by atoms with Gasteiger partial charge >= 0.3 is 5.97 Å². The molecule has 2 atom stereocenters. The molecule has 0 amide bonds. The molecule has 9 heteroatoms. The zero-order valence-corrected chi connectivity index (χ0v) is 18.4. The molecule has 9 nitrogen and oxygen atoms in total. The largest absolute Gasteiger partial charge is 0.497 e. The summed E-state index contributed by atoms with van der Waals surface area (Å²) in [6, 6.07) is 20.4. The first-order chi connectivity index (χ1) is 16.5. The number of hydrogen-bond donors (Lipinski definition) is 2.